The van der Waals surface area contributed by atoms with E-state index < -0.39 is 0 Å². The minimum absolute atomic E-state index is 0.265. The fourth-order valence-corrected chi connectivity index (χ4v) is 2.19. The summed E-state index contributed by atoms with van der Waals surface area (Å²) in [5, 5.41) is 0. The molecule has 1 aliphatic heterocycles. The molecule has 0 amide bonds. The summed E-state index contributed by atoms with van der Waals surface area (Å²) in [5.74, 6) is 0. The van der Waals surface area contributed by atoms with Gasteiger partial charge in [-0.05, 0) is 12.0 Å². The van der Waals surface area contributed by atoms with Crippen LogP contribution >= 0.6 is 0 Å². The average molecular weight is 235 g/mol. The summed E-state index contributed by atoms with van der Waals surface area (Å²) < 4.78 is 10.9. The van der Waals surface area contributed by atoms with Gasteiger partial charge in [-0.2, -0.15) is 0 Å². The second-order valence-electron chi connectivity index (χ2n) is 4.50. The predicted molar refractivity (Wildman–Crippen MR) is 68.0 cm³/mol. The summed E-state index contributed by atoms with van der Waals surface area (Å²) >= 11 is 0. The molecule has 2 rings (SSSR count). The molecule has 1 aliphatic rings. The van der Waals surface area contributed by atoms with E-state index in [2.05, 4.69) is 35.2 Å². The van der Waals surface area contributed by atoms with Crippen LogP contribution in [0.3, 0.4) is 0 Å². The molecule has 0 aliphatic carbocycles. The number of ether oxygens (including phenoxy) is 2. The van der Waals surface area contributed by atoms with Crippen molar-refractivity contribution < 1.29 is 9.47 Å². The van der Waals surface area contributed by atoms with Gasteiger partial charge in [-0.15, -0.1) is 0 Å². The molecule has 1 unspecified atom stereocenters. The number of rotatable bonds is 4. The Morgan fingerprint density at radius 3 is 2.88 bits per heavy atom. The molecule has 0 bridgehead atoms. The first kappa shape index (κ1) is 12.6. The van der Waals surface area contributed by atoms with Gasteiger partial charge < -0.3 is 9.47 Å². The van der Waals surface area contributed by atoms with Gasteiger partial charge in [-0.1, -0.05) is 30.3 Å². The lowest BCUT2D eigenvalue weighted by Gasteiger charge is -2.19. The number of methoxy groups -OCH3 is 1. The van der Waals surface area contributed by atoms with Gasteiger partial charge in [-0.25, -0.2) is 0 Å². The molecule has 1 aromatic rings. The monoisotopic (exact) mass is 235 g/mol. The molecule has 3 nitrogen and oxygen atoms in total. The molecule has 1 aromatic carbocycles. The lowest BCUT2D eigenvalue weighted by Crippen LogP contribution is -2.26. The molecule has 0 aromatic heterocycles. The Bertz CT molecular complexity index is 315. The first-order valence-electron chi connectivity index (χ1n) is 6.25. The fourth-order valence-electron chi connectivity index (χ4n) is 2.19. The highest BCUT2D eigenvalue weighted by atomic mass is 16.5. The second-order valence-corrected chi connectivity index (χ2v) is 4.50. The molecule has 0 radical (unpaired) electrons. The molecule has 0 N–H and O–H groups in total. The summed E-state index contributed by atoms with van der Waals surface area (Å²) in [6, 6.07) is 10.6. The zero-order valence-corrected chi connectivity index (χ0v) is 10.5. The van der Waals surface area contributed by atoms with Crippen LogP contribution < -0.4 is 0 Å². The Kier molecular flexibility index (Phi) is 4.98. The highest BCUT2D eigenvalue weighted by Crippen LogP contribution is 2.11. The first-order chi connectivity index (χ1) is 8.38. The maximum atomic E-state index is 5.74. The van der Waals surface area contributed by atoms with E-state index in [1.165, 1.54) is 5.56 Å². The van der Waals surface area contributed by atoms with Crippen LogP contribution in [0.4, 0.5) is 0 Å². The van der Waals surface area contributed by atoms with Crippen molar-refractivity contribution in [1.29, 1.82) is 0 Å². The van der Waals surface area contributed by atoms with Crippen molar-refractivity contribution in [3.8, 4) is 0 Å². The summed E-state index contributed by atoms with van der Waals surface area (Å²) in [5.41, 5.74) is 1.37. The SMILES string of the molecule is COCC1CCN(Cc2ccccc2)CCO1. The number of nitrogens with zero attached hydrogens (tertiary/aromatic N) is 1. The van der Waals surface area contributed by atoms with Gasteiger partial charge in [0.1, 0.15) is 0 Å². The van der Waals surface area contributed by atoms with Crippen molar-refractivity contribution >= 4 is 0 Å². The van der Waals surface area contributed by atoms with Crippen LogP contribution in [0.2, 0.25) is 0 Å². The lowest BCUT2D eigenvalue weighted by atomic mass is 10.2. The summed E-state index contributed by atoms with van der Waals surface area (Å²) in [4.78, 5) is 2.45. The highest BCUT2D eigenvalue weighted by molar-refractivity contribution is 5.14. The van der Waals surface area contributed by atoms with Crippen molar-refractivity contribution in [2.75, 3.05) is 33.4 Å². The molecule has 3 heteroatoms. The lowest BCUT2D eigenvalue weighted by molar-refractivity contribution is 0.00515. The minimum Gasteiger partial charge on any atom is -0.382 e. The van der Waals surface area contributed by atoms with Crippen molar-refractivity contribution in [3.05, 3.63) is 35.9 Å². The second kappa shape index (κ2) is 6.74. The Labute approximate surface area is 103 Å². The fraction of sp³-hybridized carbons (Fsp3) is 0.571. The van der Waals surface area contributed by atoms with E-state index in [0.717, 1.165) is 32.7 Å². The van der Waals surface area contributed by atoms with E-state index >= 15 is 0 Å². The quantitative estimate of drug-likeness (QED) is 0.796. The molecule has 0 saturated carbocycles. The maximum Gasteiger partial charge on any atom is 0.0821 e. The molecule has 1 fully saturated rings. The van der Waals surface area contributed by atoms with Crippen LogP contribution in [0, 0.1) is 0 Å². The summed E-state index contributed by atoms with van der Waals surface area (Å²) in [7, 11) is 1.73. The Hall–Kier alpha value is -0.900. The normalized spacial score (nSPS) is 22.3. The largest absolute Gasteiger partial charge is 0.382 e. The van der Waals surface area contributed by atoms with Gasteiger partial charge in [-0.3, -0.25) is 4.90 Å². The third-order valence-electron chi connectivity index (χ3n) is 3.13. The van der Waals surface area contributed by atoms with E-state index in [1.54, 1.807) is 7.11 Å². The Morgan fingerprint density at radius 2 is 2.12 bits per heavy atom. The standard InChI is InChI=1S/C14H21NO2/c1-16-12-14-7-8-15(9-10-17-14)11-13-5-3-2-4-6-13/h2-6,14H,7-12H2,1H3. The van der Waals surface area contributed by atoms with Crippen LogP contribution in [-0.2, 0) is 16.0 Å². The highest BCUT2D eigenvalue weighted by Gasteiger charge is 2.17. The predicted octanol–water partition coefficient (Wildman–Crippen LogP) is 1.92. The van der Waals surface area contributed by atoms with Crippen LogP contribution in [0.25, 0.3) is 0 Å². The van der Waals surface area contributed by atoms with E-state index in [9.17, 15) is 0 Å². The van der Waals surface area contributed by atoms with Crippen molar-refractivity contribution in [2.24, 2.45) is 0 Å². The topological polar surface area (TPSA) is 21.7 Å². The molecule has 94 valence electrons. The molecule has 1 heterocycles. The minimum atomic E-state index is 0.265. The van der Waals surface area contributed by atoms with Crippen molar-refractivity contribution in [2.45, 2.75) is 19.1 Å². The van der Waals surface area contributed by atoms with Crippen molar-refractivity contribution in [1.82, 2.24) is 4.90 Å². The van der Waals surface area contributed by atoms with Gasteiger partial charge in [0.05, 0.1) is 19.3 Å². The third kappa shape index (κ3) is 4.11. The van der Waals surface area contributed by atoms with E-state index in [4.69, 9.17) is 9.47 Å². The molecule has 1 atom stereocenters. The summed E-state index contributed by atoms with van der Waals surface area (Å²) in [6.07, 6.45) is 1.32. The number of hydrogen-bond acceptors (Lipinski definition) is 3. The first-order valence-corrected chi connectivity index (χ1v) is 6.25. The Morgan fingerprint density at radius 1 is 1.29 bits per heavy atom. The third-order valence-corrected chi connectivity index (χ3v) is 3.13. The van der Waals surface area contributed by atoms with Crippen LogP contribution in [0.15, 0.2) is 30.3 Å². The smallest absolute Gasteiger partial charge is 0.0821 e. The zero-order chi connectivity index (χ0) is 11.9. The molecular weight excluding hydrogens is 214 g/mol. The zero-order valence-electron chi connectivity index (χ0n) is 10.5. The van der Waals surface area contributed by atoms with Gasteiger partial charge in [0.15, 0.2) is 0 Å². The summed E-state index contributed by atoms with van der Waals surface area (Å²) in [6.45, 7) is 4.63. The van der Waals surface area contributed by atoms with Gasteiger partial charge in [0.25, 0.3) is 0 Å². The van der Waals surface area contributed by atoms with E-state index in [0.29, 0.717) is 6.61 Å². The molecule has 17 heavy (non-hydrogen) atoms. The van der Waals surface area contributed by atoms with Crippen LogP contribution in [-0.4, -0.2) is 44.4 Å². The average Bonchev–Trinajstić information content (AvgIpc) is 2.57. The van der Waals surface area contributed by atoms with Gasteiger partial charge in [0.2, 0.25) is 0 Å². The maximum absolute atomic E-state index is 5.74. The number of hydrogen-bond donors (Lipinski definition) is 0. The Balaban J connectivity index is 1.83. The van der Waals surface area contributed by atoms with E-state index in [-0.39, 0.29) is 6.10 Å². The van der Waals surface area contributed by atoms with Gasteiger partial charge >= 0.3 is 0 Å². The molecule has 1 saturated heterocycles. The molecular formula is C14H21NO2. The van der Waals surface area contributed by atoms with Crippen LogP contribution in [0.5, 0.6) is 0 Å². The van der Waals surface area contributed by atoms with Crippen molar-refractivity contribution in [3.63, 3.8) is 0 Å². The van der Waals surface area contributed by atoms with Gasteiger partial charge in [0, 0.05) is 26.7 Å². The van der Waals surface area contributed by atoms with E-state index in [1.807, 2.05) is 0 Å². The van der Waals surface area contributed by atoms with Crippen LogP contribution in [0.1, 0.15) is 12.0 Å². The number of benzene rings is 1. The molecule has 0 spiro atoms.